The number of aromatic nitrogens is 1. The summed E-state index contributed by atoms with van der Waals surface area (Å²) < 4.78 is 21.3. The van der Waals surface area contributed by atoms with Crippen LogP contribution in [0.5, 0.6) is 17.4 Å². The molecular weight excluding hydrogens is 490 g/mol. The van der Waals surface area contributed by atoms with Gasteiger partial charge in [-0.1, -0.05) is 12.1 Å². The van der Waals surface area contributed by atoms with Crippen LogP contribution in [0.1, 0.15) is 22.4 Å². The fourth-order valence-corrected chi connectivity index (χ4v) is 3.28. The molecule has 0 aliphatic carbocycles. The second kappa shape index (κ2) is 14.0. The van der Waals surface area contributed by atoms with Gasteiger partial charge in [0.05, 0.1) is 25.6 Å². The van der Waals surface area contributed by atoms with Crippen LogP contribution in [-0.2, 0) is 20.9 Å². The molecular formula is C27H27N5O6. The number of ether oxygens (including phenoxy) is 4. The first-order chi connectivity index (χ1) is 18.4. The monoisotopic (exact) mass is 517 g/mol. The first-order valence-electron chi connectivity index (χ1n) is 11.4. The number of benzene rings is 2. The Morgan fingerprint density at radius 3 is 2.50 bits per heavy atom. The second-order valence-electron chi connectivity index (χ2n) is 7.84. The number of anilines is 1. The average Bonchev–Trinajstić information content (AvgIpc) is 2.92. The Bertz CT molecular complexity index is 1330. The minimum atomic E-state index is -0.525. The third kappa shape index (κ3) is 8.04. The van der Waals surface area contributed by atoms with Crippen molar-refractivity contribution in [1.29, 1.82) is 5.26 Å². The fourth-order valence-electron chi connectivity index (χ4n) is 3.28. The van der Waals surface area contributed by atoms with Gasteiger partial charge in [-0.05, 0) is 55.0 Å². The number of carbonyl (C=O) groups is 2. The van der Waals surface area contributed by atoms with Gasteiger partial charge >= 0.3 is 0 Å². The summed E-state index contributed by atoms with van der Waals surface area (Å²) >= 11 is 0. The number of rotatable bonds is 12. The molecule has 11 nitrogen and oxygen atoms in total. The van der Waals surface area contributed by atoms with Crippen molar-refractivity contribution in [2.24, 2.45) is 5.10 Å². The van der Waals surface area contributed by atoms with Crippen LogP contribution in [0.15, 0.2) is 59.7 Å². The highest BCUT2D eigenvalue weighted by Gasteiger charge is 2.14. The molecule has 11 heteroatoms. The predicted molar refractivity (Wildman–Crippen MR) is 139 cm³/mol. The first-order valence-corrected chi connectivity index (χ1v) is 11.4. The highest BCUT2D eigenvalue weighted by Crippen LogP contribution is 2.23. The van der Waals surface area contributed by atoms with Crippen molar-refractivity contribution < 1.29 is 28.5 Å². The van der Waals surface area contributed by atoms with E-state index in [4.69, 9.17) is 18.9 Å². The van der Waals surface area contributed by atoms with Crippen LogP contribution in [0.2, 0.25) is 0 Å². The summed E-state index contributed by atoms with van der Waals surface area (Å²) in [6, 6.07) is 17.6. The maximum Gasteiger partial charge on any atom is 0.278 e. The van der Waals surface area contributed by atoms with E-state index in [9.17, 15) is 14.9 Å². The van der Waals surface area contributed by atoms with E-state index < -0.39 is 5.91 Å². The van der Waals surface area contributed by atoms with Gasteiger partial charge in [0.2, 0.25) is 5.88 Å². The number of hydrogen-bond acceptors (Lipinski definition) is 9. The van der Waals surface area contributed by atoms with E-state index in [1.165, 1.54) is 20.4 Å². The number of methoxy groups -OCH3 is 2. The number of carbonyl (C=O) groups excluding carboxylic acids is 2. The number of hydrazone groups is 1. The summed E-state index contributed by atoms with van der Waals surface area (Å²) in [7, 11) is 3.05. The van der Waals surface area contributed by atoms with Crippen molar-refractivity contribution in [2.45, 2.75) is 13.5 Å². The molecule has 3 aromatic rings. The lowest BCUT2D eigenvalue weighted by atomic mass is 10.1. The largest absolute Gasteiger partial charge is 0.495 e. The molecule has 2 amide bonds. The van der Waals surface area contributed by atoms with Crippen LogP contribution < -0.4 is 25.0 Å². The van der Waals surface area contributed by atoms with Gasteiger partial charge in [0, 0.05) is 18.4 Å². The number of nitrogens with zero attached hydrogens (tertiary/aromatic N) is 3. The van der Waals surface area contributed by atoms with Gasteiger partial charge in [0.1, 0.15) is 23.1 Å². The molecule has 0 atom stereocenters. The Balaban J connectivity index is 1.46. The van der Waals surface area contributed by atoms with Crippen LogP contribution in [0.4, 0.5) is 5.69 Å². The molecule has 0 saturated heterocycles. The molecule has 1 aromatic heterocycles. The van der Waals surface area contributed by atoms with E-state index in [-0.39, 0.29) is 37.2 Å². The van der Waals surface area contributed by atoms with Crippen LogP contribution in [0.25, 0.3) is 0 Å². The van der Waals surface area contributed by atoms with Crippen LogP contribution in [0.3, 0.4) is 0 Å². The lowest BCUT2D eigenvalue weighted by molar-refractivity contribution is -0.123. The summed E-state index contributed by atoms with van der Waals surface area (Å²) in [5.74, 6) is 0.246. The molecule has 2 N–H and O–H groups in total. The van der Waals surface area contributed by atoms with Gasteiger partial charge in [0.15, 0.2) is 13.2 Å². The van der Waals surface area contributed by atoms with Crippen molar-refractivity contribution in [3.63, 3.8) is 0 Å². The standard InChI is InChI=1S/C27H27N5O6/c1-18-12-20(15-35-2)22(13-28)27(30-18)38-17-26(34)32-29-14-19-8-10-21(11-9-19)37-16-25(33)31-23-6-4-5-7-24(23)36-3/h4-12,14H,15-17H2,1-3H3,(H,31,33)(H,32,34)/b29-14+. The van der Waals surface area contributed by atoms with Crippen molar-refractivity contribution in [2.75, 3.05) is 32.8 Å². The second-order valence-corrected chi connectivity index (χ2v) is 7.84. The zero-order valence-electron chi connectivity index (χ0n) is 21.2. The summed E-state index contributed by atoms with van der Waals surface area (Å²) in [6.45, 7) is 1.42. The van der Waals surface area contributed by atoms with E-state index in [0.717, 1.165) is 0 Å². The normalized spacial score (nSPS) is 10.5. The van der Waals surface area contributed by atoms with Crippen molar-refractivity contribution in [3.05, 3.63) is 77.0 Å². The molecule has 0 radical (unpaired) electrons. The number of aryl methyl sites for hydroxylation is 1. The van der Waals surface area contributed by atoms with E-state index in [1.54, 1.807) is 55.5 Å². The Kier molecular flexibility index (Phi) is 10.2. The smallest absolute Gasteiger partial charge is 0.278 e. The maximum absolute atomic E-state index is 12.2. The van der Waals surface area contributed by atoms with Gasteiger partial charge in [-0.25, -0.2) is 10.4 Å². The lowest BCUT2D eigenvalue weighted by Gasteiger charge is -2.11. The molecule has 2 aromatic carbocycles. The van der Waals surface area contributed by atoms with E-state index >= 15 is 0 Å². The van der Waals surface area contributed by atoms with Crippen molar-refractivity contribution >= 4 is 23.7 Å². The van der Waals surface area contributed by atoms with Crippen LogP contribution in [0, 0.1) is 18.3 Å². The molecule has 0 aliphatic heterocycles. The van der Waals surface area contributed by atoms with Crippen LogP contribution >= 0.6 is 0 Å². The summed E-state index contributed by atoms with van der Waals surface area (Å²) in [6.07, 6.45) is 1.44. The van der Waals surface area contributed by atoms with E-state index in [1.807, 2.05) is 12.1 Å². The molecule has 0 fully saturated rings. The number of amides is 2. The highest BCUT2D eigenvalue weighted by atomic mass is 16.5. The number of para-hydroxylation sites is 2. The van der Waals surface area contributed by atoms with Crippen molar-refractivity contribution in [1.82, 2.24) is 10.4 Å². The molecule has 38 heavy (non-hydrogen) atoms. The fraction of sp³-hybridized carbons (Fsp3) is 0.222. The highest BCUT2D eigenvalue weighted by molar-refractivity contribution is 5.93. The summed E-state index contributed by atoms with van der Waals surface area (Å²) in [5, 5.41) is 16.1. The van der Waals surface area contributed by atoms with Gasteiger partial charge in [0.25, 0.3) is 11.8 Å². The molecule has 0 saturated carbocycles. The quantitative estimate of drug-likeness (QED) is 0.276. The van der Waals surface area contributed by atoms with Gasteiger partial charge in [-0.3, -0.25) is 9.59 Å². The Morgan fingerprint density at radius 1 is 1.05 bits per heavy atom. The topological polar surface area (TPSA) is 144 Å². The number of hydrogen-bond donors (Lipinski definition) is 2. The average molecular weight is 518 g/mol. The van der Waals surface area contributed by atoms with E-state index in [2.05, 4.69) is 20.8 Å². The van der Waals surface area contributed by atoms with Crippen LogP contribution in [-0.4, -0.2) is 50.4 Å². The number of nitrogens with one attached hydrogen (secondary N) is 2. The third-order valence-electron chi connectivity index (χ3n) is 4.98. The molecule has 196 valence electrons. The zero-order chi connectivity index (χ0) is 27.3. The van der Waals surface area contributed by atoms with E-state index in [0.29, 0.717) is 34.0 Å². The molecule has 0 spiro atoms. The zero-order valence-corrected chi connectivity index (χ0v) is 21.2. The Morgan fingerprint density at radius 2 is 1.79 bits per heavy atom. The predicted octanol–water partition coefficient (Wildman–Crippen LogP) is 2.96. The third-order valence-corrected chi connectivity index (χ3v) is 4.98. The molecule has 3 rings (SSSR count). The minimum absolute atomic E-state index is 0.0610. The Hall–Kier alpha value is -4.95. The number of nitriles is 1. The minimum Gasteiger partial charge on any atom is -0.495 e. The maximum atomic E-state index is 12.2. The Labute approximate surface area is 220 Å². The van der Waals surface area contributed by atoms with Gasteiger partial charge in [-0.2, -0.15) is 10.4 Å². The first kappa shape index (κ1) is 27.6. The number of pyridine rings is 1. The molecule has 0 unspecified atom stereocenters. The lowest BCUT2D eigenvalue weighted by Crippen LogP contribution is -2.25. The van der Waals surface area contributed by atoms with Gasteiger partial charge < -0.3 is 24.3 Å². The molecule has 0 bridgehead atoms. The molecule has 0 aliphatic rings. The SMILES string of the molecule is COCc1cc(C)nc(OCC(=O)N/N=C/c2ccc(OCC(=O)Nc3ccccc3OC)cc2)c1C#N. The summed E-state index contributed by atoms with van der Waals surface area (Å²) in [5.41, 5.74) is 5.07. The van der Waals surface area contributed by atoms with Gasteiger partial charge in [-0.15, -0.1) is 0 Å². The molecule has 1 heterocycles. The van der Waals surface area contributed by atoms with Crippen molar-refractivity contribution in [3.8, 4) is 23.4 Å². The summed E-state index contributed by atoms with van der Waals surface area (Å²) in [4.78, 5) is 28.5.